The summed E-state index contributed by atoms with van der Waals surface area (Å²) in [5.41, 5.74) is 1.58. The fourth-order valence-electron chi connectivity index (χ4n) is 3.06. The van der Waals surface area contributed by atoms with Crippen LogP contribution in [0.1, 0.15) is 6.42 Å². The molecule has 2 aromatic carbocycles. The van der Waals surface area contributed by atoms with E-state index in [1.807, 2.05) is 42.5 Å². The van der Waals surface area contributed by atoms with E-state index in [2.05, 4.69) is 10.3 Å². The molecule has 1 aliphatic heterocycles. The number of halogens is 1. The van der Waals surface area contributed by atoms with Crippen molar-refractivity contribution < 1.29 is 9.53 Å². The van der Waals surface area contributed by atoms with E-state index in [9.17, 15) is 4.79 Å². The van der Waals surface area contributed by atoms with E-state index in [0.29, 0.717) is 29.7 Å². The van der Waals surface area contributed by atoms with Crippen LogP contribution in [0.5, 0.6) is 5.88 Å². The van der Waals surface area contributed by atoms with Crippen LogP contribution in [0.2, 0.25) is 5.02 Å². The Hall–Kier alpha value is -2.79. The summed E-state index contributed by atoms with van der Waals surface area (Å²) in [5, 5.41) is 4.53. The monoisotopic (exact) mass is 367 g/mol. The lowest BCUT2D eigenvalue weighted by Crippen LogP contribution is -2.34. The van der Waals surface area contributed by atoms with Crippen LogP contribution in [0.25, 0.3) is 10.9 Å². The summed E-state index contributed by atoms with van der Waals surface area (Å²) < 4.78 is 5.98. The number of aromatic nitrogens is 1. The largest absolute Gasteiger partial charge is 0.472 e. The summed E-state index contributed by atoms with van der Waals surface area (Å²) in [6, 6.07) is 18.7. The Bertz CT molecular complexity index is 947. The van der Waals surface area contributed by atoms with E-state index in [1.54, 1.807) is 23.1 Å². The number of carbonyl (C=O) groups excluding carboxylic acids is 1. The Kier molecular flexibility index (Phi) is 4.63. The molecule has 0 spiro atoms. The Labute approximate surface area is 156 Å². The molecular weight excluding hydrogens is 350 g/mol. The first-order valence-corrected chi connectivity index (χ1v) is 8.89. The second-order valence-electron chi connectivity index (χ2n) is 6.26. The van der Waals surface area contributed by atoms with Crippen molar-refractivity contribution in [1.29, 1.82) is 0 Å². The van der Waals surface area contributed by atoms with Crippen molar-refractivity contribution >= 4 is 34.2 Å². The molecule has 2 amide bonds. The molecule has 0 aliphatic carbocycles. The van der Waals surface area contributed by atoms with Crippen LogP contribution in [-0.4, -0.2) is 35.1 Å². The van der Waals surface area contributed by atoms with Gasteiger partial charge in [-0.25, -0.2) is 9.78 Å². The lowest BCUT2D eigenvalue weighted by Gasteiger charge is -2.18. The lowest BCUT2D eigenvalue weighted by molar-refractivity contribution is 0.190. The minimum atomic E-state index is -0.148. The predicted octanol–water partition coefficient (Wildman–Crippen LogP) is 4.57. The zero-order chi connectivity index (χ0) is 17.9. The maximum absolute atomic E-state index is 12.4. The van der Waals surface area contributed by atoms with E-state index < -0.39 is 0 Å². The highest BCUT2D eigenvalue weighted by Gasteiger charge is 2.28. The SMILES string of the molecule is O=C(Nc1cccc(Cl)c1)N1CCC(Oc2ccc3ccccc3n2)C1. The number of carbonyl (C=O) groups is 1. The zero-order valence-electron chi connectivity index (χ0n) is 14.1. The van der Waals surface area contributed by atoms with E-state index in [0.717, 1.165) is 17.3 Å². The highest BCUT2D eigenvalue weighted by atomic mass is 35.5. The first-order valence-electron chi connectivity index (χ1n) is 8.51. The fraction of sp³-hybridized carbons (Fsp3) is 0.200. The van der Waals surface area contributed by atoms with Gasteiger partial charge in [-0.05, 0) is 30.3 Å². The number of hydrogen-bond donors (Lipinski definition) is 1. The molecule has 0 bridgehead atoms. The number of nitrogens with one attached hydrogen (secondary N) is 1. The minimum absolute atomic E-state index is 0.0613. The fourth-order valence-corrected chi connectivity index (χ4v) is 3.25. The molecule has 1 unspecified atom stereocenters. The summed E-state index contributed by atoms with van der Waals surface area (Å²) in [5.74, 6) is 0.589. The number of pyridine rings is 1. The van der Waals surface area contributed by atoms with Crippen molar-refractivity contribution in [3.05, 3.63) is 65.7 Å². The molecule has 5 nitrogen and oxygen atoms in total. The third-order valence-corrected chi connectivity index (χ3v) is 4.60. The van der Waals surface area contributed by atoms with Crippen molar-refractivity contribution in [3.63, 3.8) is 0 Å². The van der Waals surface area contributed by atoms with Crippen LogP contribution >= 0.6 is 11.6 Å². The van der Waals surface area contributed by atoms with Crippen LogP contribution in [0.15, 0.2) is 60.7 Å². The Morgan fingerprint density at radius 3 is 2.92 bits per heavy atom. The van der Waals surface area contributed by atoms with Gasteiger partial charge in [0.15, 0.2) is 0 Å². The normalized spacial score (nSPS) is 16.7. The van der Waals surface area contributed by atoms with Crippen molar-refractivity contribution in [3.8, 4) is 5.88 Å². The highest BCUT2D eigenvalue weighted by Crippen LogP contribution is 2.21. The third kappa shape index (κ3) is 3.73. The molecule has 0 radical (unpaired) electrons. The number of amides is 2. The van der Waals surface area contributed by atoms with Crippen LogP contribution < -0.4 is 10.1 Å². The molecular formula is C20H18ClN3O2. The smallest absolute Gasteiger partial charge is 0.321 e. The molecule has 1 N–H and O–H groups in total. The Morgan fingerprint density at radius 2 is 2.04 bits per heavy atom. The number of para-hydroxylation sites is 1. The summed E-state index contributed by atoms with van der Waals surface area (Å²) in [7, 11) is 0. The summed E-state index contributed by atoms with van der Waals surface area (Å²) in [6.45, 7) is 1.17. The van der Waals surface area contributed by atoms with E-state index in [1.165, 1.54) is 0 Å². The predicted molar refractivity (Wildman–Crippen MR) is 103 cm³/mol. The van der Waals surface area contributed by atoms with Crippen molar-refractivity contribution in [2.24, 2.45) is 0 Å². The maximum atomic E-state index is 12.4. The van der Waals surface area contributed by atoms with E-state index in [-0.39, 0.29) is 12.1 Å². The summed E-state index contributed by atoms with van der Waals surface area (Å²) in [4.78, 5) is 18.7. The topological polar surface area (TPSA) is 54.5 Å². The average molecular weight is 368 g/mol. The van der Waals surface area contributed by atoms with E-state index >= 15 is 0 Å². The molecule has 1 saturated heterocycles. The van der Waals surface area contributed by atoms with Gasteiger partial charge in [-0.2, -0.15) is 0 Å². The molecule has 1 fully saturated rings. The van der Waals surface area contributed by atoms with Crippen LogP contribution in [0.3, 0.4) is 0 Å². The molecule has 6 heteroatoms. The first-order chi connectivity index (χ1) is 12.7. The van der Waals surface area contributed by atoms with Gasteiger partial charge >= 0.3 is 6.03 Å². The number of benzene rings is 2. The molecule has 1 aliphatic rings. The second kappa shape index (κ2) is 7.22. The number of nitrogens with zero attached hydrogens (tertiary/aromatic N) is 2. The number of likely N-dealkylation sites (tertiary alicyclic amines) is 1. The van der Waals surface area contributed by atoms with Gasteiger partial charge in [-0.15, -0.1) is 0 Å². The minimum Gasteiger partial charge on any atom is -0.472 e. The van der Waals surface area contributed by atoms with Gasteiger partial charge in [0, 0.05) is 35.1 Å². The van der Waals surface area contributed by atoms with Crippen LogP contribution in [-0.2, 0) is 0 Å². The zero-order valence-corrected chi connectivity index (χ0v) is 14.8. The molecule has 4 rings (SSSR count). The van der Waals surface area contributed by atoms with Gasteiger partial charge < -0.3 is 15.0 Å². The molecule has 2 heterocycles. The number of rotatable bonds is 3. The standard InChI is InChI=1S/C20H18ClN3O2/c21-15-5-3-6-16(12-15)22-20(25)24-11-10-17(13-24)26-19-9-8-14-4-1-2-7-18(14)23-19/h1-9,12,17H,10-11,13H2,(H,22,25). The molecule has 26 heavy (non-hydrogen) atoms. The highest BCUT2D eigenvalue weighted by molar-refractivity contribution is 6.30. The van der Waals surface area contributed by atoms with Crippen molar-refractivity contribution in [1.82, 2.24) is 9.88 Å². The van der Waals surface area contributed by atoms with Gasteiger partial charge in [0.2, 0.25) is 5.88 Å². The molecule has 0 saturated carbocycles. The molecule has 1 atom stereocenters. The number of hydrogen-bond acceptors (Lipinski definition) is 3. The van der Waals surface area contributed by atoms with Gasteiger partial charge in [-0.3, -0.25) is 0 Å². The van der Waals surface area contributed by atoms with Gasteiger partial charge in [0.05, 0.1) is 12.1 Å². The summed E-state index contributed by atoms with van der Waals surface area (Å²) >= 11 is 5.95. The molecule has 1 aromatic heterocycles. The molecule has 132 valence electrons. The Morgan fingerprint density at radius 1 is 1.15 bits per heavy atom. The number of fused-ring (bicyclic) bond motifs is 1. The number of anilines is 1. The average Bonchev–Trinajstić information content (AvgIpc) is 3.10. The van der Waals surface area contributed by atoms with Crippen LogP contribution in [0.4, 0.5) is 10.5 Å². The quantitative estimate of drug-likeness (QED) is 0.737. The third-order valence-electron chi connectivity index (χ3n) is 4.37. The Balaban J connectivity index is 1.37. The number of urea groups is 1. The lowest BCUT2D eigenvalue weighted by atomic mass is 10.2. The van der Waals surface area contributed by atoms with Crippen LogP contribution in [0, 0.1) is 0 Å². The van der Waals surface area contributed by atoms with Gasteiger partial charge in [0.25, 0.3) is 0 Å². The first kappa shape index (κ1) is 16.7. The van der Waals surface area contributed by atoms with Crippen molar-refractivity contribution in [2.75, 3.05) is 18.4 Å². The second-order valence-corrected chi connectivity index (χ2v) is 6.69. The number of ether oxygens (including phenoxy) is 1. The van der Waals surface area contributed by atoms with Gasteiger partial charge in [0.1, 0.15) is 6.10 Å². The molecule has 3 aromatic rings. The maximum Gasteiger partial charge on any atom is 0.321 e. The van der Waals surface area contributed by atoms with Crippen molar-refractivity contribution in [2.45, 2.75) is 12.5 Å². The van der Waals surface area contributed by atoms with E-state index in [4.69, 9.17) is 16.3 Å². The summed E-state index contributed by atoms with van der Waals surface area (Å²) in [6.07, 6.45) is 0.714. The van der Waals surface area contributed by atoms with Gasteiger partial charge in [-0.1, -0.05) is 35.9 Å².